The third-order valence-corrected chi connectivity index (χ3v) is 5.53. The Hall–Kier alpha value is -1.59. The molecule has 0 bridgehead atoms. The fraction of sp³-hybridized carbons (Fsp3) is 0.632. The summed E-state index contributed by atoms with van der Waals surface area (Å²) in [6, 6.07) is 8.06. The Morgan fingerprint density at radius 3 is 2.58 bits per heavy atom. The van der Waals surface area contributed by atoms with Crippen LogP contribution in [0.3, 0.4) is 0 Å². The van der Waals surface area contributed by atoms with Crippen molar-refractivity contribution in [1.82, 2.24) is 9.80 Å². The Morgan fingerprint density at radius 2 is 1.96 bits per heavy atom. The van der Waals surface area contributed by atoms with E-state index in [4.69, 9.17) is 9.47 Å². The van der Waals surface area contributed by atoms with E-state index in [0.717, 1.165) is 43.9 Å². The largest absolute Gasteiger partial charge is 0.497 e. The summed E-state index contributed by atoms with van der Waals surface area (Å²) in [5.41, 5.74) is 1.04. The molecule has 5 nitrogen and oxygen atoms in total. The van der Waals surface area contributed by atoms with Crippen LogP contribution in [0.15, 0.2) is 24.3 Å². The summed E-state index contributed by atoms with van der Waals surface area (Å²) in [6.07, 6.45) is 1.66. The number of amides is 1. The van der Waals surface area contributed by atoms with E-state index in [1.54, 1.807) is 14.2 Å². The molecule has 3 rings (SSSR count). The van der Waals surface area contributed by atoms with Gasteiger partial charge in [-0.1, -0.05) is 19.1 Å². The van der Waals surface area contributed by atoms with Gasteiger partial charge in [0.25, 0.3) is 0 Å². The van der Waals surface area contributed by atoms with Gasteiger partial charge in [0.05, 0.1) is 25.7 Å². The van der Waals surface area contributed by atoms with Crippen molar-refractivity contribution in [3.8, 4) is 5.75 Å². The SMILES string of the molecule is CCN1C[C@H]2[C@H](OC)CCN(C(=O)Cc3ccc(OC)cc3)[C@H]2C1. The Morgan fingerprint density at radius 1 is 1.21 bits per heavy atom. The number of rotatable bonds is 5. The van der Waals surface area contributed by atoms with E-state index >= 15 is 0 Å². The second-order valence-electron chi connectivity index (χ2n) is 6.76. The molecule has 2 aliphatic rings. The molecule has 24 heavy (non-hydrogen) atoms. The standard InChI is InChI=1S/C19H28N2O3/c1-4-20-12-16-17(13-20)21(10-9-18(16)24-3)19(22)11-14-5-7-15(23-2)8-6-14/h5-8,16-18H,4,9-13H2,1-3H3/t16-,17+,18-/m1/s1. The van der Waals surface area contributed by atoms with Crippen molar-refractivity contribution in [3.63, 3.8) is 0 Å². The van der Waals surface area contributed by atoms with Crippen molar-refractivity contribution in [2.45, 2.75) is 31.9 Å². The number of carbonyl (C=O) groups excluding carboxylic acids is 1. The highest BCUT2D eigenvalue weighted by Gasteiger charge is 2.45. The van der Waals surface area contributed by atoms with Crippen LogP contribution >= 0.6 is 0 Å². The highest BCUT2D eigenvalue weighted by molar-refractivity contribution is 5.79. The molecular formula is C19H28N2O3. The van der Waals surface area contributed by atoms with Gasteiger partial charge in [0.2, 0.25) is 5.91 Å². The van der Waals surface area contributed by atoms with Gasteiger partial charge in [-0.05, 0) is 30.7 Å². The number of piperidine rings is 1. The third-order valence-electron chi connectivity index (χ3n) is 5.53. The summed E-state index contributed by atoms with van der Waals surface area (Å²) in [4.78, 5) is 17.4. The van der Waals surface area contributed by atoms with E-state index in [1.165, 1.54) is 0 Å². The van der Waals surface area contributed by atoms with Crippen molar-refractivity contribution in [1.29, 1.82) is 0 Å². The molecule has 132 valence electrons. The van der Waals surface area contributed by atoms with Crippen molar-refractivity contribution in [2.75, 3.05) is 40.4 Å². The van der Waals surface area contributed by atoms with Crippen molar-refractivity contribution >= 4 is 5.91 Å². The van der Waals surface area contributed by atoms with E-state index in [0.29, 0.717) is 12.3 Å². The zero-order valence-corrected chi connectivity index (χ0v) is 14.9. The van der Waals surface area contributed by atoms with Gasteiger partial charge in [0.1, 0.15) is 5.75 Å². The molecule has 2 saturated heterocycles. The molecule has 0 spiro atoms. The summed E-state index contributed by atoms with van der Waals surface area (Å²) in [5.74, 6) is 1.48. The number of ether oxygens (including phenoxy) is 2. The maximum Gasteiger partial charge on any atom is 0.227 e. The summed E-state index contributed by atoms with van der Waals surface area (Å²) in [6.45, 7) is 6.01. The molecule has 0 aromatic heterocycles. The molecule has 5 heteroatoms. The van der Waals surface area contributed by atoms with Crippen LogP contribution in [0.25, 0.3) is 0 Å². The van der Waals surface area contributed by atoms with Crippen LogP contribution in [0, 0.1) is 5.92 Å². The van der Waals surface area contributed by atoms with E-state index in [1.807, 2.05) is 24.3 Å². The van der Waals surface area contributed by atoms with Gasteiger partial charge < -0.3 is 19.3 Å². The molecular weight excluding hydrogens is 304 g/mol. The molecule has 3 atom stereocenters. The molecule has 0 aliphatic carbocycles. The summed E-state index contributed by atoms with van der Waals surface area (Å²) >= 11 is 0. The summed E-state index contributed by atoms with van der Waals surface area (Å²) in [5, 5.41) is 0. The number of likely N-dealkylation sites (N-methyl/N-ethyl adjacent to an activating group) is 1. The highest BCUT2D eigenvalue weighted by Crippen LogP contribution is 2.32. The molecule has 0 N–H and O–H groups in total. The number of fused-ring (bicyclic) bond motifs is 1. The molecule has 0 unspecified atom stereocenters. The van der Waals surface area contributed by atoms with Crippen LogP contribution in [-0.2, 0) is 16.0 Å². The number of hydrogen-bond acceptors (Lipinski definition) is 4. The topological polar surface area (TPSA) is 42.0 Å². The first-order valence-electron chi connectivity index (χ1n) is 8.83. The van der Waals surface area contributed by atoms with Crippen molar-refractivity contribution in [2.24, 2.45) is 5.92 Å². The van der Waals surface area contributed by atoms with E-state index in [-0.39, 0.29) is 18.1 Å². The van der Waals surface area contributed by atoms with E-state index in [2.05, 4.69) is 16.7 Å². The van der Waals surface area contributed by atoms with Crippen molar-refractivity contribution < 1.29 is 14.3 Å². The van der Waals surface area contributed by atoms with E-state index in [9.17, 15) is 4.79 Å². The smallest absolute Gasteiger partial charge is 0.227 e. The predicted molar refractivity (Wildman–Crippen MR) is 93.2 cm³/mol. The summed E-state index contributed by atoms with van der Waals surface area (Å²) in [7, 11) is 3.45. The zero-order chi connectivity index (χ0) is 17.1. The first-order valence-corrected chi connectivity index (χ1v) is 8.83. The Balaban J connectivity index is 1.69. The van der Waals surface area contributed by atoms with Crippen molar-refractivity contribution in [3.05, 3.63) is 29.8 Å². The van der Waals surface area contributed by atoms with E-state index < -0.39 is 0 Å². The maximum atomic E-state index is 12.9. The molecule has 2 aliphatic heterocycles. The first-order chi connectivity index (χ1) is 11.7. The van der Waals surface area contributed by atoms with Crippen LogP contribution in [0.1, 0.15) is 18.9 Å². The highest BCUT2D eigenvalue weighted by atomic mass is 16.5. The zero-order valence-electron chi connectivity index (χ0n) is 14.9. The molecule has 1 amide bonds. The normalized spacial score (nSPS) is 27.1. The second kappa shape index (κ2) is 7.53. The molecule has 1 aromatic carbocycles. The lowest BCUT2D eigenvalue weighted by molar-refractivity contribution is -0.138. The maximum absolute atomic E-state index is 12.9. The monoisotopic (exact) mass is 332 g/mol. The Bertz CT molecular complexity index is 560. The number of benzene rings is 1. The fourth-order valence-corrected chi connectivity index (χ4v) is 4.12. The molecule has 1 aromatic rings. The number of hydrogen-bond donors (Lipinski definition) is 0. The van der Waals surface area contributed by atoms with Gasteiger partial charge in [-0.15, -0.1) is 0 Å². The fourth-order valence-electron chi connectivity index (χ4n) is 4.12. The number of carbonyl (C=O) groups is 1. The van der Waals surface area contributed by atoms with Gasteiger partial charge in [-0.2, -0.15) is 0 Å². The minimum Gasteiger partial charge on any atom is -0.497 e. The van der Waals surface area contributed by atoms with Crippen LogP contribution in [0.2, 0.25) is 0 Å². The first kappa shape index (κ1) is 17.2. The number of methoxy groups -OCH3 is 2. The lowest BCUT2D eigenvalue weighted by Crippen LogP contribution is -2.54. The predicted octanol–water partition coefficient (Wildman–Crippen LogP) is 1.81. The quantitative estimate of drug-likeness (QED) is 0.825. The molecule has 0 radical (unpaired) electrons. The van der Waals surface area contributed by atoms with Gasteiger partial charge in [-0.3, -0.25) is 4.79 Å². The Labute approximate surface area is 144 Å². The van der Waals surface area contributed by atoms with Crippen LogP contribution < -0.4 is 4.74 Å². The van der Waals surface area contributed by atoms with Crippen LogP contribution in [0.5, 0.6) is 5.75 Å². The van der Waals surface area contributed by atoms with Gasteiger partial charge in [-0.25, -0.2) is 0 Å². The lowest BCUT2D eigenvalue weighted by Gasteiger charge is -2.41. The Kier molecular flexibility index (Phi) is 5.41. The average molecular weight is 332 g/mol. The summed E-state index contributed by atoms with van der Waals surface area (Å²) < 4.78 is 10.9. The minimum atomic E-state index is 0.225. The number of nitrogens with zero attached hydrogens (tertiary/aromatic N) is 2. The van der Waals surface area contributed by atoms with Crippen LogP contribution in [-0.4, -0.2) is 68.3 Å². The molecule has 2 heterocycles. The molecule has 0 saturated carbocycles. The second-order valence-corrected chi connectivity index (χ2v) is 6.76. The minimum absolute atomic E-state index is 0.225. The third kappa shape index (κ3) is 3.42. The number of likely N-dealkylation sites (tertiary alicyclic amines) is 2. The average Bonchev–Trinajstić information content (AvgIpc) is 3.05. The lowest BCUT2D eigenvalue weighted by atomic mass is 9.88. The molecule has 2 fully saturated rings. The van der Waals surface area contributed by atoms with Gasteiger partial charge in [0, 0.05) is 32.7 Å². The van der Waals surface area contributed by atoms with Crippen LogP contribution in [0.4, 0.5) is 0 Å². The van der Waals surface area contributed by atoms with Gasteiger partial charge >= 0.3 is 0 Å². The van der Waals surface area contributed by atoms with Gasteiger partial charge in [0.15, 0.2) is 0 Å².